The molecule has 12 heteroatoms. The highest BCUT2D eigenvalue weighted by Crippen LogP contribution is 2.39. The van der Waals surface area contributed by atoms with Gasteiger partial charge < -0.3 is 35.2 Å². The molecule has 12 nitrogen and oxygen atoms in total. The molecule has 1 aromatic heterocycles. The monoisotopic (exact) mass is 590 g/mol. The van der Waals surface area contributed by atoms with Gasteiger partial charge in [-0.15, -0.1) is 5.06 Å². The number of carbonyl (C=O) groups is 3. The Balaban J connectivity index is 1.40. The number of aliphatic hydroxyl groups excluding tert-OH is 1. The van der Waals surface area contributed by atoms with E-state index in [4.69, 9.17) is 19.3 Å². The van der Waals surface area contributed by atoms with Crippen LogP contribution in [0.2, 0.25) is 0 Å². The number of hydrogen-bond donors (Lipinski definition) is 4. The number of nitrogens with one attached hydrogen (secondary N) is 2. The average Bonchev–Trinajstić information content (AvgIpc) is 2.92. The first-order chi connectivity index (χ1) is 20.0. The normalized spacial score (nSPS) is 22.2. The van der Waals surface area contributed by atoms with Gasteiger partial charge in [0.15, 0.2) is 0 Å². The minimum absolute atomic E-state index is 0.0222. The zero-order valence-corrected chi connectivity index (χ0v) is 25.0. The summed E-state index contributed by atoms with van der Waals surface area (Å²) in [6.45, 7) is 6.42. The Morgan fingerprint density at radius 3 is 2.64 bits per heavy atom. The van der Waals surface area contributed by atoms with E-state index in [0.29, 0.717) is 44.8 Å². The third kappa shape index (κ3) is 8.32. The number of aliphatic carboxylic acids is 1. The fraction of sp³-hybridized carbons (Fsp3) is 0.733. The largest absolute Gasteiger partial charge is 0.480 e. The zero-order valence-electron chi connectivity index (χ0n) is 25.0. The van der Waals surface area contributed by atoms with Crippen molar-refractivity contribution in [2.45, 2.75) is 96.2 Å². The summed E-state index contributed by atoms with van der Waals surface area (Å²) < 4.78 is 10.8. The van der Waals surface area contributed by atoms with E-state index in [1.54, 1.807) is 20.8 Å². The molecule has 0 aromatic carbocycles. The topological polar surface area (TPSA) is 160 Å². The van der Waals surface area contributed by atoms with Crippen LogP contribution in [-0.4, -0.2) is 88.9 Å². The van der Waals surface area contributed by atoms with E-state index < -0.39 is 35.1 Å². The molecule has 4 rings (SSSR count). The first-order valence-electron chi connectivity index (χ1n) is 15.1. The lowest BCUT2D eigenvalue weighted by Gasteiger charge is -2.45. The highest BCUT2D eigenvalue weighted by atomic mass is 16.7. The number of hydrogen-bond acceptors (Lipinski definition) is 10. The summed E-state index contributed by atoms with van der Waals surface area (Å²) in [6, 6.07) is 2.75. The van der Waals surface area contributed by atoms with Crippen LogP contribution in [-0.2, 0) is 36.7 Å². The number of rotatable bonds is 12. The molecule has 234 valence electrons. The lowest BCUT2D eigenvalue weighted by Crippen LogP contribution is -2.56. The fourth-order valence-corrected chi connectivity index (χ4v) is 5.84. The number of carboxylic acid groups (broad SMARTS) is 1. The van der Waals surface area contributed by atoms with Crippen molar-refractivity contribution >= 4 is 23.8 Å². The Morgan fingerprint density at radius 2 is 1.98 bits per heavy atom. The standard InChI is InChI=1S/C30H46N4O8/c1-29(2,3)41-28(39)32-19-30(11-15-40-16-12-30)27(38)42-34(24(10-14-35)26(36)37)23-17-20(18-23)6-8-22-9-7-21-5-4-13-31-25(21)33-22/h7,9,20,23-24,35H,4-6,8,10-19H2,1-3H3,(H,31,33)(H,32,39)(H,36,37)/t20?,23?,24-/m0/s1. The first kappa shape index (κ1) is 32.0. The first-order valence-corrected chi connectivity index (χ1v) is 15.1. The molecule has 1 aliphatic carbocycles. The molecular weight excluding hydrogens is 544 g/mol. The molecule has 2 aliphatic heterocycles. The van der Waals surface area contributed by atoms with Gasteiger partial charge in [-0.05, 0) is 96.1 Å². The summed E-state index contributed by atoms with van der Waals surface area (Å²) in [6.07, 6.45) is 5.07. The number of ether oxygens (including phenoxy) is 2. The van der Waals surface area contributed by atoms with E-state index >= 15 is 0 Å². The molecular formula is C30H46N4O8. The second-order valence-corrected chi connectivity index (χ2v) is 12.7. The third-order valence-corrected chi connectivity index (χ3v) is 8.37. The molecule has 4 N–H and O–H groups in total. The highest BCUT2D eigenvalue weighted by molar-refractivity contribution is 5.79. The van der Waals surface area contributed by atoms with Gasteiger partial charge >= 0.3 is 18.0 Å². The van der Waals surface area contributed by atoms with Crippen molar-refractivity contribution in [3.8, 4) is 0 Å². The van der Waals surface area contributed by atoms with Gasteiger partial charge in [-0.25, -0.2) is 14.6 Å². The summed E-state index contributed by atoms with van der Waals surface area (Å²) in [5, 5.41) is 26.9. The summed E-state index contributed by atoms with van der Waals surface area (Å²) in [7, 11) is 0. The molecule has 0 spiro atoms. The Kier molecular flexibility index (Phi) is 10.7. The second kappa shape index (κ2) is 14.0. The van der Waals surface area contributed by atoms with Crippen LogP contribution in [0, 0.1) is 11.3 Å². The Bertz CT molecular complexity index is 1100. The maximum atomic E-state index is 13.7. The summed E-state index contributed by atoms with van der Waals surface area (Å²) in [5.41, 5.74) is 0.484. The van der Waals surface area contributed by atoms with E-state index in [0.717, 1.165) is 43.7 Å². The zero-order chi connectivity index (χ0) is 30.3. The molecule has 42 heavy (non-hydrogen) atoms. The van der Waals surface area contributed by atoms with E-state index in [-0.39, 0.29) is 25.6 Å². The number of anilines is 1. The Hall–Kier alpha value is -2.96. The fourth-order valence-electron chi connectivity index (χ4n) is 5.84. The van der Waals surface area contributed by atoms with Crippen molar-refractivity contribution in [1.82, 2.24) is 15.4 Å². The third-order valence-electron chi connectivity index (χ3n) is 8.37. The van der Waals surface area contributed by atoms with Gasteiger partial charge in [-0.2, -0.15) is 0 Å². The van der Waals surface area contributed by atoms with Crippen LogP contribution < -0.4 is 10.6 Å². The maximum absolute atomic E-state index is 13.7. The number of nitrogens with zero attached hydrogens (tertiary/aromatic N) is 2. The number of alkyl carbamates (subject to hydrolysis) is 1. The van der Waals surface area contributed by atoms with Gasteiger partial charge in [-0.3, -0.25) is 4.79 Å². The number of pyridine rings is 1. The van der Waals surface area contributed by atoms with Gasteiger partial charge in [0.25, 0.3) is 0 Å². The lowest BCUT2D eigenvalue weighted by molar-refractivity contribution is -0.244. The number of carboxylic acids is 1. The molecule has 3 heterocycles. The summed E-state index contributed by atoms with van der Waals surface area (Å²) in [4.78, 5) is 49.0. The van der Waals surface area contributed by atoms with E-state index in [1.165, 1.54) is 10.6 Å². The van der Waals surface area contributed by atoms with Gasteiger partial charge in [0, 0.05) is 44.6 Å². The Labute approximate surface area is 247 Å². The average molecular weight is 591 g/mol. The molecule has 1 atom stereocenters. The molecule has 0 bridgehead atoms. The van der Waals surface area contributed by atoms with E-state index in [2.05, 4.69) is 22.8 Å². The van der Waals surface area contributed by atoms with Crippen LogP contribution in [0.3, 0.4) is 0 Å². The van der Waals surface area contributed by atoms with Crippen molar-refractivity contribution in [3.63, 3.8) is 0 Å². The molecule has 1 aromatic rings. The number of carbonyl (C=O) groups excluding carboxylic acids is 2. The number of aliphatic hydroxyl groups is 1. The number of amides is 1. The van der Waals surface area contributed by atoms with Crippen LogP contribution >= 0.6 is 0 Å². The molecule has 0 radical (unpaired) electrons. The minimum atomic E-state index is -1.19. The van der Waals surface area contributed by atoms with Crippen molar-refractivity contribution in [1.29, 1.82) is 0 Å². The smallest absolute Gasteiger partial charge is 0.407 e. The minimum Gasteiger partial charge on any atom is -0.480 e. The van der Waals surface area contributed by atoms with Crippen LogP contribution in [0.4, 0.5) is 10.6 Å². The van der Waals surface area contributed by atoms with Crippen molar-refractivity contribution in [2.75, 3.05) is 38.2 Å². The molecule has 1 amide bonds. The van der Waals surface area contributed by atoms with Gasteiger partial charge in [0.2, 0.25) is 0 Å². The number of aryl methyl sites for hydroxylation is 2. The molecule has 1 saturated heterocycles. The number of hydroxylamine groups is 2. The molecule has 0 unspecified atom stereocenters. The predicted molar refractivity (Wildman–Crippen MR) is 154 cm³/mol. The summed E-state index contributed by atoms with van der Waals surface area (Å²) in [5.74, 6) is -0.476. The predicted octanol–water partition coefficient (Wildman–Crippen LogP) is 3.07. The van der Waals surface area contributed by atoms with E-state index in [1.807, 2.05) is 0 Å². The van der Waals surface area contributed by atoms with Gasteiger partial charge in [0.1, 0.15) is 17.5 Å². The quantitative estimate of drug-likeness (QED) is 0.265. The molecule has 3 aliphatic rings. The van der Waals surface area contributed by atoms with Crippen LogP contribution in [0.25, 0.3) is 0 Å². The SMILES string of the molecule is CC(C)(C)OC(=O)NCC1(C(=O)ON(C2CC(CCc3ccc4c(n3)NCCC4)C2)[C@@H](CCO)C(=O)O)CCOCC1. The van der Waals surface area contributed by atoms with Gasteiger partial charge in [-0.1, -0.05) is 6.07 Å². The van der Waals surface area contributed by atoms with Gasteiger partial charge in [0.05, 0.1) is 5.41 Å². The number of fused-ring (bicyclic) bond motifs is 1. The van der Waals surface area contributed by atoms with E-state index in [9.17, 15) is 24.6 Å². The van der Waals surface area contributed by atoms with Crippen LogP contribution in [0.15, 0.2) is 12.1 Å². The second-order valence-electron chi connectivity index (χ2n) is 12.7. The van der Waals surface area contributed by atoms with Crippen LogP contribution in [0.5, 0.6) is 0 Å². The lowest BCUT2D eigenvalue weighted by atomic mass is 9.76. The maximum Gasteiger partial charge on any atom is 0.407 e. The van der Waals surface area contributed by atoms with Crippen molar-refractivity contribution in [2.24, 2.45) is 11.3 Å². The van der Waals surface area contributed by atoms with Crippen LogP contribution in [0.1, 0.15) is 77.0 Å². The summed E-state index contributed by atoms with van der Waals surface area (Å²) >= 11 is 0. The molecule has 1 saturated carbocycles. The Morgan fingerprint density at radius 1 is 1.24 bits per heavy atom. The molecule has 2 fully saturated rings. The number of aromatic nitrogens is 1. The highest BCUT2D eigenvalue weighted by Gasteiger charge is 2.47. The van der Waals surface area contributed by atoms with Crippen molar-refractivity contribution in [3.05, 3.63) is 23.4 Å². The van der Waals surface area contributed by atoms with Crippen molar-refractivity contribution < 1.29 is 38.9 Å².